The number of amides is 1. The van der Waals surface area contributed by atoms with E-state index in [0.717, 1.165) is 31.7 Å². The Morgan fingerprint density at radius 2 is 1.77 bits per heavy atom. The quantitative estimate of drug-likeness (QED) is 0.933. The highest BCUT2D eigenvalue weighted by Gasteiger charge is 2.20. The third kappa shape index (κ3) is 3.76. The van der Waals surface area contributed by atoms with E-state index in [9.17, 15) is 4.79 Å². The van der Waals surface area contributed by atoms with Gasteiger partial charge in [0.1, 0.15) is 17.3 Å². The summed E-state index contributed by atoms with van der Waals surface area (Å²) >= 11 is 0. The molecule has 0 bridgehead atoms. The normalized spacial score (nSPS) is 20.0. The average molecular weight is 302 g/mol. The molecule has 0 unspecified atom stereocenters. The van der Waals surface area contributed by atoms with E-state index in [-0.39, 0.29) is 5.91 Å². The van der Waals surface area contributed by atoms with Crippen LogP contribution in [0.3, 0.4) is 0 Å². The second-order valence-electron chi connectivity index (χ2n) is 6.51. The van der Waals surface area contributed by atoms with Crippen LogP contribution >= 0.6 is 0 Å². The maximum atomic E-state index is 12.4. The van der Waals surface area contributed by atoms with E-state index in [4.69, 9.17) is 0 Å². The Bertz CT molecular complexity index is 517. The highest BCUT2D eigenvalue weighted by molar-refractivity contribution is 5.93. The van der Waals surface area contributed by atoms with Gasteiger partial charge in [-0.3, -0.25) is 4.79 Å². The molecule has 1 amide bonds. The fourth-order valence-electron chi connectivity index (χ4n) is 3.46. The van der Waals surface area contributed by atoms with Gasteiger partial charge in [0.15, 0.2) is 0 Å². The molecule has 2 heterocycles. The Labute approximate surface area is 132 Å². The second-order valence-corrected chi connectivity index (χ2v) is 6.51. The van der Waals surface area contributed by atoms with E-state index < -0.39 is 0 Å². The van der Waals surface area contributed by atoms with Crippen molar-refractivity contribution in [2.45, 2.75) is 64.3 Å². The Balaban J connectivity index is 1.74. The molecule has 1 saturated carbocycles. The van der Waals surface area contributed by atoms with E-state index in [2.05, 4.69) is 20.2 Å². The van der Waals surface area contributed by atoms with Gasteiger partial charge in [0.25, 0.3) is 5.91 Å². The molecule has 1 aromatic heterocycles. The predicted octanol–water partition coefficient (Wildman–Crippen LogP) is 2.84. The maximum Gasteiger partial charge on any atom is 0.270 e. The molecule has 0 aromatic carbocycles. The van der Waals surface area contributed by atoms with E-state index in [0.29, 0.717) is 17.6 Å². The Morgan fingerprint density at radius 3 is 2.45 bits per heavy atom. The van der Waals surface area contributed by atoms with Gasteiger partial charge in [-0.15, -0.1) is 0 Å². The number of carbonyl (C=O) groups is 1. The fraction of sp³-hybridized carbons (Fsp3) is 0.706. The molecule has 0 radical (unpaired) electrons. The zero-order chi connectivity index (χ0) is 15.4. The predicted molar refractivity (Wildman–Crippen MR) is 87.2 cm³/mol. The zero-order valence-electron chi connectivity index (χ0n) is 13.5. The lowest BCUT2D eigenvalue weighted by Gasteiger charge is -2.22. The third-order valence-corrected chi connectivity index (χ3v) is 4.68. The lowest BCUT2D eigenvalue weighted by molar-refractivity contribution is 0.0932. The number of aryl methyl sites for hydroxylation is 1. The van der Waals surface area contributed by atoms with Crippen molar-refractivity contribution in [3.63, 3.8) is 0 Å². The minimum absolute atomic E-state index is 0.0477. The molecule has 1 aromatic rings. The maximum absolute atomic E-state index is 12.4. The molecular formula is C17H26N4O. The summed E-state index contributed by atoms with van der Waals surface area (Å²) in [6.45, 7) is 3.92. The largest absolute Gasteiger partial charge is 0.356 e. The first kappa shape index (κ1) is 15.3. The highest BCUT2D eigenvalue weighted by atomic mass is 16.1. The van der Waals surface area contributed by atoms with Gasteiger partial charge in [0, 0.05) is 25.2 Å². The number of carbonyl (C=O) groups excluding carboxylic acids is 1. The molecule has 2 fully saturated rings. The van der Waals surface area contributed by atoms with Gasteiger partial charge in [-0.05, 0) is 32.6 Å². The number of nitrogens with one attached hydrogen (secondary N) is 1. The molecule has 1 aliphatic carbocycles. The molecule has 5 heteroatoms. The molecular weight excluding hydrogens is 276 g/mol. The topological polar surface area (TPSA) is 58.1 Å². The first-order chi connectivity index (χ1) is 10.7. The van der Waals surface area contributed by atoms with E-state index in [1.54, 1.807) is 0 Å². The van der Waals surface area contributed by atoms with Crippen molar-refractivity contribution in [1.82, 2.24) is 15.3 Å². The molecule has 1 N–H and O–H groups in total. The molecule has 1 saturated heterocycles. The Morgan fingerprint density at radius 1 is 1.09 bits per heavy atom. The summed E-state index contributed by atoms with van der Waals surface area (Å²) < 4.78 is 0. The number of nitrogens with zero attached hydrogens (tertiary/aromatic N) is 3. The van der Waals surface area contributed by atoms with Gasteiger partial charge in [0.05, 0.1) is 0 Å². The molecule has 22 heavy (non-hydrogen) atoms. The van der Waals surface area contributed by atoms with E-state index in [1.165, 1.54) is 38.5 Å². The van der Waals surface area contributed by atoms with E-state index in [1.807, 2.05) is 13.0 Å². The molecule has 1 aliphatic heterocycles. The van der Waals surface area contributed by atoms with Crippen molar-refractivity contribution in [3.8, 4) is 0 Å². The molecule has 3 rings (SSSR count). The Kier molecular flexibility index (Phi) is 4.90. The van der Waals surface area contributed by atoms with Crippen LogP contribution in [0.2, 0.25) is 0 Å². The summed E-state index contributed by atoms with van der Waals surface area (Å²) in [5, 5.41) is 3.12. The van der Waals surface area contributed by atoms with Crippen LogP contribution in [0.25, 0.3) is 0 Å². The van der Waals surface area contributed by atoms with Crippen molar-refractivity contribution >= 4 is 11.7 Å². The fourth-order valence-corrected chi connectivity index (χ4v) is 3.46. The van der Waals surface area contributed by atoms with Gasteiger partial charge in [-0.2, -0.15) is 0 Å². The number of hydrogen-bond donors (Lipinski definition) is 1. The van der Waals surface area contributed by atoms with Gasteiger partial charge in [-0.1, -0.05) is 25.7 Å². The summed E-state index contributed by atoms with van der Waals surface area (Å²) in [5.41, 5.74) is 0.513. The van der Waals surface area contributed by atoms with Crippen LogP contribution in [-0.4, -0.2) is 35.0 Å². The van der Waals surface area contributed by atoms with Crippen LogP contribution in [0.5, 0.6) is 0 Å². The monoisotopic (exact) mass is 302 g/mol. The van der Waals surface area contributed by atoms with Crippen molar-refractivity contribution < 1.29 is 4.79 Å². The lowest BCUT2D eigenvalue weighted by atomic mass is 10.2. The van der Waals surface area contributed by atoms with E-state index >= 15 is 0 Å². The Hall–Kier alpha value is -1.65. The summed E-state index contributed by atoms with van der Waals surface area (Å²) in [7, 11) is 0. The second kappa shape index (κ2) is 7.07. The minimum atomic E-state index is -0.0477. The van der Waals surface area contributed by atoms with Crippen molar-refractivity contribution in [3.05, 3.63) is 17.6 Å². The minimum Gasteiger partial charge on any atom is -0.356 e. The summed E-state index contributed by atoms with van der Waals surface area (Å²) in [6.07, 6.45) is 9.59. The lowest BCUT2D eigenvalue weighted by Crippen LogP contribution is -2.34. The summed E-state index contributed by atoms with van der Waals surface area (Å²) in [4.78, 5) is 23.6. The van der Waals surface area contributed by atoms with Gasteiger partial charge in [0.2, 0.25) is 0 Å². The standard InChI is InChI=1S/C17H26N4O/c1-13-18-15(17(22)20-14-8-4-5-9-14)12-16(19-13)21-10-6-2-3-7-11-21/h12,14H,2-11H2,1H3,(H,20,22). The zero-order valence-corrected chi connectivity index (χ0v) is 13.5. The molecule has 120 valence electrons. The number of aromatic nitrogens is 2. The van der Waals surface area contributed by atoms with Crippen molar-refractivity contribution in [2.75, 3.05) is 18.0 Å². The van der Waals surface area contributed by atoms with Gasteiger partial charge < -0.3 is 10.2 Å². The van der Waals surface area contributed by atoms with Gasteiger partial charge in [-0.25, -0.2) is 9.97 Å². The van der Waals surface area contributed by atoms with Crippen LogP contribution < -0.4 is 10.2 Å². The number of anilines is 1. The summed E-state index contributed by atoms with van der Waals surface area (Å²) in [5.74, 6) is 1.54. The smallest absolute Gasteiger partial charge is 0.270 e. The molecule has 2 aliphatic rings. The summed E-state index contributed by atoms with van der Waals surface area (Å²) in [6, 6.07) is 2.19. The first-order valence-electron chi connectivity index (χ1n) is 8.64. The number of hydrogen-bond acceptors (Lipinski definition) is 4. The average Bonchev–Trinajstić information content (AvgIpc) is 2.86. The molecule has 0 spiro atoms. The highest BCUT2D eigenvalue weighted by Crippen LogP contribution is 2.20. The molecule has 0 atom stereocenters. The van der Waals surface area contributed by atoms with Crippen molar-refractivity contribution in [2.24, 2.45) is 0 Å². The first-order valence-corrected chi connectivity index (χ1v) is 8.64. The van der Waals surface area contributed by atoms with Gasteiger partial charge >= 0.3 is 0 Å². The number of rotatable bonds is 3. The third-order valence-electron chi connectivity index (χ3n) is 4.68. The van der Waals surface area contributed by atoms with Crippen LogP contribution in [0.1, 0.15) is 67.7 Å². The van der Waals surface area contributed by atoms with Crippen molar-refractivity contribution in [1.29, 1.82) is 0 Å². The van der Waals surface area contributed by atoms with Crippen LogP contribution in [-0.2, 0) is 0 Å². The van der Waals surface area contributed by atoms with Crippen LogP contribution in [0.4, 0.5) is 5.82 Å². The SMILES string of the molecule is Cc1nc(C(=O)NC2CCCC2)cc(N2CCCCCC2)n1. The van der Waals surface area contributed by atoms with Crippen LogP contribution in [0.15, 0.2) is 6.07 Å². The van der Waals surface area contributed by atoms with Crippen LogP contribution in [0, 0.1) is 6.92 Å². The molecule has 5 nitrogen and oxygen atoms in total.